The van der Waals surface area contributed by atoms with Crippen LogP contribution in [0.1, 0.15) is 12.5 Å². The van der Waals surface area contributed by atoms with Crippen LogP contribution in [0.15, 0.2) is 60.0 Å². The molecule has 0 saturated heterocycles. The van der Waals surface area contributed by atoms with Gasteiger partial charge in [-0.3, -0.25) is 9.48 Å². The van der Waals surface area contributed by atoms with Crippen molar-refractivity contribution in [3.05, 3.63) is 72.3 Å². The lowest BCUT2D eigenvalue weighted by atomic mass is 10.1. The van der Waals surface area contributed by atoms with Crippen LogP contribution >= 0.6 is 0 Å². The van der Waals surface area contributed by atoms with Gasteiger partial charge in [-0.25, -0.2) is 26.9 Å². The van der Waals surface area contributed by atoms with Gasteiger partial charge in [-0.1, -0.05) is 6.07 Å². The topological polar surface area (TPSA) is 97.2 Å². The molecule has 0 radical (unpaired) electrons. The Morgan fingerprint density at radius 1 is 1.17 bits per heavy atom. The van der Waals surface area contributed by atoms with E-state index >= 15 is 0 Å². The molecule has 0 unspecified atom stereocenters. The second kappa shape index (κ2) is 9.09. The van der Waals surface area contributed by atoms with Crippen molar-refractivity contribution in [2.45, 2.75) is 24.9 Å². The zero-order chi connectivity index (χ0) is 21.7. The summed E-state index contributed by atoms with van der Waals surface area (Å²) >= 11 is 0. The molecule has 0 aliphatic rings. The van der Waals surface area contributed by atoms with E-state index < -0.39 is 21.7 Å². The number of rotatable bonds is 8. The van der Waals surface area contributed by atoms with E-state index in [0.29, 0.717) is 12.2 Å². The molecular formula is C19H19F2N5O3S. The number of nitrogens with one attached hydrogen (secondary N) is 1. The van der Waals surface area contributed by atoms with Crippen LogP contribution in [0.25, 0.3) is 0 Å². The Kier molecular flexibility index (Phi) is 6.53. The number of amides is 1. The molecule has 0 spiro atoms. The summed E-state index contributed by atoms with van der Waals surface area (Å²) in [6, 6.07) is 8.72. The Balaban J connectivity index is 1.72. The van der Waals surface area contributed by atoms with E-state index in [1.54, 1.807) is 0 Å². The molecule has 8 nitrogen and oxygen atoms in total. The molecule has 1 aromatic heterocycles. The van der Waals surface area contributed by atoms with Gasteiger partial charge < -0.3 is 4.90 Å². The molecule has 0 fully saturated rings. The largest absolute Gasteiger partial charge is 0.308 e. The van der Waals surface area contributed by atoms with Gasteiger partial charge in [0, 0.05) is 30.8 Å². The van der Waals surface area contributed by atoms with E-state index in [1.165, 1.54) is 59.5 Å². The molecule has 0 aliphatic heterocycles. The lowest BCUT2D eigenvalue weighted by Crippen LogP contribution is -2.29. The highest BCUT2D eigenvalue weighted by Crippen LogP contribution is 2.22. The maximum absolute atomic E-state index is 14.0. The molecule has 0 bridgehead atoms. The smallest absolute Gasteiger partial charge is 0.240 e. The van der Waals surface area contributed by atoms with Gasteiger partial charge in [0.2, 0.25) is 15.9 Å². The number of hydrogen-bond acceptors (Lipinski definition) is 5. The molecule has 3 aromatic rings. The van der Waals surface area contributed by atoms with Crippen LogP contribution in [0.3, 0.4) is 0 Å². The van der Waals surface area contributed by atoms with Crippen molar-refractivity contribution in [3.63, 3.8) is 0 Å². The number of nitrogens with zero attached hydrogens (tertiary/aromatic N) is 4. The highest BCUT2D eigenvalue weighted by atomic mass is 32.2. The van der Waals surface area contributed by atoms with Gasteiger partial charge in [-0.2, -0.15) is 5.10 Å². The highest BCUT2D eigenvalue weighted by Gasteiger charge is 2.18. The number of benzene rings is 2. The monoisotopic (exact) mass is 435 g/mol. The minimum Gasteiger partial charge on any atom is -0.308 e. The van der Waals surface area contributed by atoms with Crippen molar-refractivity contribution < 1.29 is 22.0 Å². The minimum atomic E-state index is -3.76. The summed E-state index contributed by atoms with van der Waals surface area (Å²) in [6.07, 6.45) is 2.83. The number of hydrogen-bond donors (Lipinski definition) is 1. The second-order valence-corrected chi connectivity index (χ2v) is 8.16. The van der Waals surface area contributed by atoms with Crippen LogP contribution in [0.2, 0.25) is 0 Å². The fourth-order valence-electron chi connectivity index (χ4n) is 2.74. The molecule has 0 atom stereocenters. The Morgan fingerprint density at radius 3 is 2.50 bits per heavy atom. The molecule has 2 aromatic carbocycles. The molecular weight excluding hydrogens is 416 g/mol. The number of sulfonamides is 1. The van der Waals surface area contributed by atoms with Gasteiger partial charge >= 0.3 is 0 Å². The van der Waals surface area contributed by atoms with E-state index in [4.69, 9.17) is 0 Å². The van der Waals surface area contributed by atoms with Gasteiger partial charge in [0.15, 0.2) is 0 Å². The summed E-state index contributed by atoms with van der Waals surface area (Å²) < 4.78 is 55.8. The number of halogens is 2. The third-order valence-electron chi connectivity index (χ3n) is 4.28. The maximum atomic E-state index is 14.0. The van der Waals surface area contributed by atoms with Crippen molar-refractivity contribution in [2.75, 3.05) is 11.4 Å². The number of aromatic nitrogens is 3. The average molecular weight is 435 g/mol. The van der Waals surface area contributed by atoms with Crippen LogP contribution < -0.4 is 9.62 Å². The predicted molar refractivity (Wildman–Crippen MR) is 105 cm³/mol. The molecule has 11 heteroatoms. The predicted octanol–water partition coefficient (Wildman–Crippen LogP) is 2.09. The van der Waals surface area contributed by atoms with Gasteiger partial charge in [-0.15, -0.1) is 0 Å². The van der Waals surface area contributed by atoms with E-state index in [2.05, 4.69) is 14.8 Å². The molecule has 1 heterocycles. The lowest BCUT2D eigenvalue weighted by Gasteiger charge is -2.22. The maximum Gasteiger partial charge on any atom is 0.240 e. The first-order valence-corrected chi connectivity index (χ1v) is 10.4. The molecule has 1 amide bonds. The van der Waals surface area contributed by atoms with Crippen LogP contribution in [0, 0.1) is 11.6 Å². The van der Waals surface area contributed by atoms with Crippen molar-refractivity contribution in [1.29, 1.82) is 0 Å². The summed E-state index contributed by atoms with van der Waals surface area (Å²) in [6.45, 7) is 1.62. The quantitative estimate of drug-likeness (QED) is 0.584. The number of carbonyl (C=O) groups is 1. The molecule has 3 rings (SSSR count). The van der Waals surface area contributed by atoms with Crippen LogP contribution in [0.5, 0.6) is 0 Å². The second-order valence-electron chi connectivity index (χ2n) is 6.39. The zero-order valence-corrected chi connectivity index (χ0v) is 16.8. The van der Waals surface area contributed by atoms with Gasteiger partial charge in [-0.05, 0) is 30.3 Å². The molecule has 158 valence electrons. The summed E-state index contributed by atoms with van der Waals surface area (Å²) in [4.78, 5) is 17.1. The van der Waals surface area contributed by atoms with E-state index in [0.717, 1.165) is 12.1 Å². The van der Waals surface area contributed by atoms with Gasteiger partial charge in [0.1, 0.15) is 24.3 Å². The highest BCUT2D eigenvalue weighted by molar-refractivity contribution is 7.89. The summed E-state index contributed by atoms with van der Waals surface area (Å²) in [5.74, 6) is -1.85. The molecule has 0 saturated carbocycles. The summed E-state index contributed by atoms with van der Waals surface area (Å²) in [5.41, 5.74) is 0.519. The van der Waals surface area contributed by atoms with Crippen molar-refractivity contribution in [1.82, 2.24) is 19.5 Å². The molecule has 1 N–H and O–H groups in total. The molecule has 30 heavy (non-hydrogen) atoms. The van der Waals surface area contributed by atoms with Crippen molar-refractivity contribution in [3.8, 4) is 0 Å². The number of carbonyl (C=O) groups excluding carboxylic acids is 1. The van der Waals surface area contributed by atoms with Crippen molar-refractivity contribution >= 4 is 21.6 Å². The van der Waals surface area contributed by atoms with E-state index in [-0.39, 0.29) is 29.5 Å². The zero-order valence-electron chi connectivity index (χ0n) is 16.0. The standard InChI is InChI=1S/C19H19F2N5O3S/c1-14(27)26(11-15-2-3-16(20)10-19(15)21)17-4-6-18(7-5-17)30(28,29)24-8-9-25-13-22-12-23-25/h2-7,10,12-13,24H,8-9,11H2,1H3. The first kappa shape index (κ1) is 21.5. The Morgan fingerprint density at radius 2 is 1.90 bits per heavy atom. The SMILES string of the molecule is CC(=O)N(Cc1ccc(F)cc1F)c1ccc(S(=O)(=O)NCCn2cncn2)cc1. The van der Waals surface area contributed by atoms with Crippen LogP contribution in [0.4, 0.5) is 14.5 Å². The summed E-state index contributed by atoms with van der Waals surface area (Å²) in [5, 5.41) is 3.89. The van der Waals surface area contributed by atoms with Crippen molar-refractivity contribution in [2.24, 2.45) is 0 Å². The third kappa shape index (κ3) is 5.24. The minimum absolute atomic E-state index is 0.0151. The Bertz CT molecular complexity index is 1120. The van der Waals surface area contributed by atoms with E-state index in [1.807, 2.05) is 0 Å². The third-order valence-corrected chi connectivity index (χ3v) is 5.76. The Hall–Kier alpha value is -3.18. The van der Waals surface area contributed by atoms with Gasteiger partial charge in [0.25, 0.3) is 0 Å². The number of anilines is 1. The fourth-order valence-corrected chi connectivity index (χ4v) is 3.76. The lowest BCUT2D eigenvalue weighted by molar-refractivity contribution is -0.116. The van der Waals surface area contributed by atoms with Crippen LogP contribution in [-0.2, 0) is 27.9 Å². The molecule has 0 aliphatic carbocycles. The first-order valence-electron chi connectivity index (χ1n) is 8.90. The fraction of sp³-hybridized carbons (Fsp3) is 0.211. The first-order chi connectivity index (χ1) is 14.3. The van der Waals surface area contributed by atoms with Gasteiger partial charge in [0.05, 0.1) is 18.0 Å². The average Bonchev–Trinajstić information content (AvgIpc) is 3.20. The Labute approximate surface area is 172 Å². The summed E-state index contributed by atoms with van der Waals surface area (Å²) in [7, 11) is -3.76. The normalized spacial score (nSPS) is 11.4. The van der Waals surface area contributed by atoms with E-state index in [9.17, 15) is 22.0 Å². The van der Waals surface area contributed by atoms with Crippen LogP contribution in [-0.4, -0.2) is 35.6 Å².